The molecule has 0 saturated carbocycles. The Bertz CT molecular complexity index is 712. The van der Waals surface area contributed by atoms with Crippen molar-refractivity contribution < 1.29 is 9.52 Å². The fraction of sp³-hybridized carbons (Fsp3) is 0.267. The van der Waals surface area contributed by atoms with Crippen molar-refractivity contribution in [1.29, 1.82) is 0 Å². The summed E-state index contributed by atoms with van der Waals surface area (Å²) in [5.41, 5.74) is 2.83. The van der Waals surface area contributed by atoms with Gasteiger partial charge in [-0.3, -0.25) is 0 Å². The summed E-state index contributed by atoms with van der Waals surface area (Å²) in [6.45, 7) is 1.87. The van der Waals surface area contributed by atoms with E-state index in [1.807, 2.05) is 48.9 Å². The van der Waals surface area contributed by atoms with E-state index in [2.05, 4.69) is 4.98 Å². The Balaban J connectivity index is 1.91. The van der Waals surface area contributed by atoms with E-state index in [0.29, 0.717) is 6.42 Å². The second-order valence-electron chi connectivity index (χ2n) is 4.79. The minimum Gasteiger partial charge on any atom is -0.469 e. The second kappa shape index (κ2) is 4.55. The van der Waals surface area contributed by atoms with Crippen LogP contribution in [0.2, 0.25) is 0 Å². The van der Waals surface area contributed by atoms with Crippen LogP contribution in [0, 0.1) is 6.92 Å². The molecular weight excluding hydrogens is 240 g/mol. The number of furan rings is 1. The van der Waals surface area contributed by atoms with Gasteiger partial charge in [0.05, 0.1) is 23.4 Å². The Hall–Kier alpha value is -2.07. The maximum absolute atomic E-state index is 10.2. The van der Waals surface area contributed by atoms with Crippen LogP contribution in [0.1, 0.15) is 23.3 Å². The molecule has 19 heavy (non-hydrogen) atoms. The largest absolute Gasteiger partial charge is 0.469 e. The summed E-state index contributed by atoms with van der Waals surface area (Å²) in [6, 6.07) is 9.82. The maximum Gasteiger partial charge on any atom is 0.112 e. The number of imidazole rings is 1. The van der Waals surface area contributed by atoms with Crippen molar-refractivity contribution in [1.82, 2.24) is 9.55 Å². The van der Waals surface area contributed by atoms with Crippen molar-refractivity contribution in [3.63, 3.8) is 0 Å². The first kappa shape index (κ1) is 12.0. The van der Waals surface area contributed by atoms with Gasteiger partial charge in [0.25, 0.3) is 0 Å². The van der Waals surface area contributed by atoms with E-state index < -0.39 is 6.10 Å². The van der Waals surface area contributed by atoms with Crippen LogP contribution in [0.3, 0.4) is 0 Å². The molecule has 1 unspecified atom stereocenters. The lowest BCUT2D eigenvalue weighted by Crippen LogP contribution is -2.06. The number of para-hydroxylation sites is 2. The Morgan fingerprint density at radius 2 is 2.16 bits per heavy atom. The molecule has 1 N–H and O–H groups in total. The van der Waals surface area contributed by atoms with Gasteiger partial charge in [0.2, 0.25) is 0 Å². The number of nitrogens with zero attached hydrogens (tertiary/aromatic N) is 2. The van der Waals surface area contributed by atoms with Crippen LogP contribution < -0.4 is 0 Å². The second-order valence-corrected chi connectivity index (χ2v) is 4.79. The van der Waals surface area contributed by atoms with E-state index >= 15 is 0 Å². The summed E-state index contributed by atoms with van der Waals surface area (Å²) < 4.78 is 7.24. The van der Waals surface area contributed by atoms with Crippen molar-refractivity contribution in [3.05, 3.63) is 53.7 Å². The number of rotatable bonds is 3. The standard InChI is InChI=1S/C15H16N2O2/c1-10-7-11(9-19-10)14(18)8-15-16-12-5-3-4-6-13(12)17(15)2/h3-7,9,14,18H,8H2,1-2H3. The van der Waals surface area contributed by atoms with Crippen molar-refractivity contribution in [2.45, 2.75) is 19.4 Å². The number of hydrogen-bond acceptors (Lipinski definition) is 3. The Morgan fingerprint density at radius 1 is 1.37 bits per heavy atom. The van der Waals surface area contributed by atoms with Gasteiger partial charge in [-0.15, -0.1) is 0 Å². The van der Waals surface area contributed by atoms with Crippen LogP contribution in [-0.2, 0) is 13.5 Å². The van der Waals surface area contributed by atoms with Crippen molar-refractivity contribution >= 4 is 11.0 Å². The molecule has 1 atom stereocenters. The molecule has 0 spiro atoms. The molecule has 4 nitrogen and oxygen atoms in total. The highest BCUT2D eigenvalue weighted by atomic mass is 16.3. The molecule has 3 aromatic rings. The third-order valence-corrected chi connectivity index (χ3v) is 3.39. The lowest BCUT2D eigenvalue weighted by atomic mass is 10.1. The van der Waals surface area contributed by atoms with E-state index in [0.717, 1.165) is 28.2 Å². The zero-order valence-corrected chi connectivity index (χ0v) is 11.0. The molecule has 2 aromatic heterocycles. The van der Waals surface area contributed by atoms with Gasteiger partial charge in [-0.2, -0.15) is 0 Å². The minimum absolute atomic E-state index is 0.476. The number of benzene rings is 1. The zero-order chi connectivity index (χ0) is 13.4. The zero-order valence-electron chi connectivity index (χ0n) is 11.0. The SMILES string of the molecule is Cc1cc(C(O)Cc2nc3ccccc3n2C)co1. The summed E-state index contributed by atoms with van der Waals surface area (Å²) in [4.78, 5) is 4.56. The number of aliphatic hydroxyl groups is 1. The van der Waals surface area contributed by atoms with Gasteiger partial charge in [0, 0.05) is 19.0 Å². The first-order chi connectivity index (χ1) is 9.15. The molecule has 98 valence electrons. The van der Waals surface area contributed by atoms with Gasteiger partial charge < -0.3 is 14.1 Å². The fourth-order valence-electron chi connectivity index (χ4n) is 2.31. The number of aryl methyl sites for hydroxylation is 2. The summed E-state index contributed by atoms with van der Waals surface area (Å²) in [6.07, 6.45) is 1.49. The first-order valence-electron chi connectivity index (χ1n) is 6.28. The van der Waals surface area contributed by atoms with Crippen LogP contribution in [0.25, 0.3) is 11.0 Å². The highest BCUT2D eigenvalue weighted by Gasteiger charge is 2.15. The predicted molar refractivity (Wildman–Crippen MR) is 72.8 cm³/mol. The minimum atomic E-state index is -0.590. The maximum atomic E-state index is 10.2. The van der Waals surface area contributed by atoms with Gasteiger partial charge >= 0.3 is 0 Å². The molecule has 0 saturated heterocycles. The van der Waals surface area contributed by atoms with E-state index in [4.69, 9.17) is 4.42 Å². The number of aliphatic hydroxyl groups excluding tert-OH is 1. The normalized spacial score (nSPS) is 13.0. The van der Waals surface area contributed by atoms with Crippen LogP contribution in [0.15, 0.2) is 41.0 Å². The average molecular weight is 256 g/mol. The third kappa shape index (κ3) is 2.15. The molecule has 0 radical (unpaired) electrons. The Labute approximate surface area is 111 Å². The Morgan fingerprint density at radius 3 is 2.84 bits per heavy atom. The molecule has 3 rings (SSSR count). The molecule has 0 aliphatic carbocycles. The van der Waals surface area contributed by atoms with E-state index in [-0.39, 0.29) is 0 Å². The number of aromatic nitrogens is 2. The summed E-state index contributed by atoms with van der Waals surface area (Å²) >= 11 is 0. The van der Waals surface area contributed by atoms with Gasteiger partial charge in [0.15, 0.2) is 0 Å². The molecule has 2 heterocycles. The molecule has 0 fully saturated rings. The predicted octanol–water partition coefficient (Wildman–Crippen LogP) is 2.75. The monoisotopic (exact) mass is 256 g/mol. The number of hydrogen-bond donors (Lipinski definition) is 1. The van der Waals surface area contributed by atoms with Gasteiger partial charge in [-0.05, 0) is 25.1 Å². The fourth-order valence-corrected chi connectivity index (χ4v) is 2.31. The molecule has 0 aliphatic heterocycles. The molecule has 0 amide bonds. The summed E-state index contributed by atoms with van der Waals surface area (Å²) in [5.74, 6) is 1.67. The van der Waals surface area contributed by atoms with Crippen LogP contribution in [0.4, 0.5) is 0 Å². The van der Waals surface area contributed by atoms with Crippen LogP contribution in [-0.4, -0.2) is 14.7 Å². The van der Waals surface area contributed by atoms with Crippen LogP contribution in [0.5, 0.6) is 0 Å². The van der Waals surface area contributed by atoms with Gasteiger partial charge in [-0.25, -0.2) is 4.98 Å². The number of fused-ring (bicyclic) bond motifs is 1. The average Bonchev–Trinajstić information content (AvgIpc) is 2.96. The molecule has 1 aromatic carbocycles. The Kier molecular flexibility index (Phi) is 2.87. The smallest absolute Gasteiger partial charge is 0.112 e. The highest BCUT2D eigenvalue weighted by Crippen LogP contribution is 2.22. The van der Waals surface area contributed by atoms with Crippen molar-refractivity contribution in [3.8, 4) is 0 Å². The lowest BCUT2D eigenvalue weighted by molar-refractivity contribution is 0.174. The summed E-state index contributed by atoms with van der Waals surface area (Å²) in [7, 11) is 1.97. The van der Waals surface area contributed by atoms with E-state index in [1.165, 1.54) is 0 Å². The van der Waals surface area contributed by atoms with Gasteiger partial charge in [-0.1, -0.05) is 12.1 Å². The van der Waals surface area contributed by atoms with Crippen molar-refractivity contribution in [2.24, 2.45) is 7.05 Å². The first-order valence-corrected chi connectivity index (χ1v) is 6.28. The molecule has 0 aliphatic rings. The van der Waals surface area contributed by atoms with Crippen LogP contribution >= 0.6 is 0 Å². The molecule has 0 bridgehead atoms. The topological polar surface area (TPSA) is 51.2 Å². The third-order valence-electron chi connectivity index (χ3n) is 3.39. The molecule has 4 heteroatoms. The van der Waals surface area contributed by atoms with E-state index in [9.17, 15) is 5.11 Å². The van der Waals surface area contributed by atoms with Crippen molar-refractivity contribution in [2.75, 3.05) is 0 Å². The van der Waals surface area contributed by atoms with Gasteiger partial charge in [0.1, 0.15) is 11.6 Å². The highest BCUT2D eigenvalue weighted by molar-refractivity contribution is 5.75. The van der Waals surface area contributed by atoms with E-state index in [1.54, 1.807) is 6.26 Å². The molecular formula is C15H16N2O2. The quantitative estimate of drug-likeness (QED) is 0.784. The summed E-state index contributed by atoms with van der Waals surface area (Å²) in [5, 5.41) is 10.2. The lowest BCUT2D eigenvalue weighted by Gasteiger charge is -2.08.